The number of carbonyl (C=O) groups is 1. The Labute approximate surface area is 125 Å². The number of carbonyl (C=O) groups excluding carboxylic acids is 1. The molecule has 2 rings (SSSR count). The zero-order chi connectivity index (χ0) is 15.3. The van der Waals surface area contributed by atoms with Gasteiger partial charge in [-0.3, -0.25) is 4.79 Å². The van der Waals surface area contributed by atoms with Gasteiger partial charge in [0.05, 0.1) is 4.90 Å². The van der Waals surface area contributed by atoms with E-state index >= 15 is 0 Å². The highest BCUT2D eigenvalue weighted by molar-refractivity contribution is 7.89. The molecule has 21 heavy (non-hydrogen) atoms. The second kappa shape index (κ2) is 7.02. The maximum absolute atomic E-state index is 12.2. The van der Waals surface area contributed by atoms with Crippen LogP contribution in [0.4, 0.5) is 5.69 Å². The zero-order valence-electron chi connectivity index (χ0n) is 12.1. The van der Waals surface area contributed by atoms with Crippen LogP contribution in [-0.2, 0) is 14.8 Å². The third-order valence-electron chi connectivity index (χ3n) is 3.45. The number of nitrogens with one attached hydrogen (secondary N) is 3. The fourth-order valence-corrected chi connectivity index (χ4v) is 3.27. The van der Waals surface area contributed by atoms with Crippen LogP contribution in [0, 0.1) is 0 Å². The molecule has 0 aliphatic carbocycles. The Balaban J connectivity index is 1.97. The molecule has 0 bridgehead atoms. The molecule has 0 saturated carbocycles. The number of hydrogen-bond donors (Lipinski definition) is 3. The second-order valence-corrected chi connectivity index (χ2v) is 6.84. The van der Waals surface area contributed by atoms with Crippen molar-refractivity contribution in [1.29, 1.82) is 0 Å². The summed E-state index contributed by atoms with van der Waals surface area (Å²) in [6.45, 7) is 3.10. The van der Waals surface area contributed by atoms with Gasteiger partial charge in [0.25, 0.3) is 0 Å². The summed E-state index contributed by atoms with van der Waals surface area (Å²) in [5, 5.41) is 5.93. The van der Waals surface area contributed by atoms with Gasteiger partial charge in [0.2, 0.25) is 15.9 Å². The molecule has 1 aliphatic heterocycles. The van der Waals surface area contributed by atoms with Gasteiger partial charge in [0.15, 0.2) is 0 Å². The summed E-state index contributed by atoms with van der Waals surface area (Å²) < 4.78 is 26.9. The number of amides is 1. The smallest absolute Gasteiger partial charge is 0.240 e. The molecule has 6 nitrogen and oxygen atoms in total. The highest BCUT2D eigenvalue weighted by atomic mass is 32.2. The van der Waals surface area contributed by atoms with Gasteiger partial charge in [0.1, 0.15) is 0 Å². The molecule has 116 valence electrons. The van der Waals surface area contributed by atoms with Gasteiger partial charge in [-0.2, -0.15) is 0 Å². The molecular formula is C14H21N3O3S. The third-order valence-corrected chi connectivity index (χ3v) is 4.89. The molecule has 0 radical (unpaired) electrons. The summed E-state index contributed by atoms with van der Waals surface area (Å²) in [7, 11) is -3.50. The Hall–Kier alpha value is -1.44. The van der Waals surface area contributed by atoms with Crippen molar-refractivity contribution in [1.82, 2.24) is 10.0 Å². The minimum absolute atomic E-state index is 0.101. The second-order valence-electron chi connectivity index (χ2n) is 5.07. The third kappa shape index (κ3) is 4.52. The number of rotatable bonds is 6. The van der Waals surface area contributed by atoms with Gasteiger partial charge in [-0.25, -0.2) is 13.1 Å². The van der Waals surface area contributed by atoms with Gasteiger partial charge >= 0.3 is 0 Å². The number of anilines is 1. The first-order valence-electron chi connectivity index (χ1n) is 7.14. The average molecular weight is 311 g/mol. The Morgan fingerprint density at radius 2 is 2.05 bits per heavy atom. The van der Waals surface area contributed by atoms with Crippen LogP contribution in [0.1, 0.15) is 26.2 Å². The number of benzene rings is 1. The highest BCUT2D eigenvalue weighted by Gasteiger charge is 2.19. The molecule has 1 saturated heterocycles. The minimum Gasteiger partial charge on any atom is -0.326 e. The SMILES string of the molecule is CCC(=O)Nc1ccc(S(=O)(=O)NCC2CCCN2)cc1. The first-order valence-corrected chi connectivity index (χ1v) is 8.62. The molecular weight excluding hydrogens is 290 g/mol. The number of hydrogen-bond acceptors (Lipinski definition) is 4. The highest BCUT2D eigenvalue weighted by Crippen LogP contribution is 2.14. The topological polar surface area (TPSA) is 87.3 Å². The molecule has 1 heterocycles. The van der Waals surface area contributed by atoms with E-state index in [0.717, 1.165) is 19.4 Å². The van der Waals surface area contributed by atoms with Gasteiger partial charge in [-0.15, -0.1) is 0 Å². The fourth-order valence-electron chi connectivity index (χ4n) is 2.19. The molecule has 1 unspecified atom stereocenters. The minimum atomic E-state index is -3.50. The van der Waals surface area contributed by atoms with Crippen LogP contribution >= 0.6 is 0 Å². The molecule has 1 fully saturated rings. The lowest BCUT2D eigenvalue weighted by Gasteiger charge is -2.12. The van der Waals surface area contributed by atoms with E-state index < -0.39 is 10.0 Å². The van der Waals surface area contributed by atoms with Crippen molar-refractivity contribution >= 4 is 21.6 Å². The Kier molecular flexibility index (Phi) is 5.33. The van der Waals surface area contributed by atoms with Crippen molar-refractivity contribution in [2.75, 3.05) is 18.4 Å². The van der Waals surface area contributed by atoms with E-state index in [9.17, 15) is 13.2 Å². The predicted octanol–water partition coefficient (Wildman–Crippen LogP) is 1.07. The molecule has 1 aliphatic rings. The van der Waals surface area contributed by atoms with E-state index in [4.69, 9.17) is 0 Å². The summed E-state index contributed by atoms with van der Waals surface area (Å²) in [5.41, 5.74) is 0.596. The van der Waals surface area contributed by atoms with Crippen molar-refractivity contribution in [3.05, 3.63) is 24.3 Å². The van der Waals surface area contributed by atoms with E-state index in [-0.39, 0.29) is 16.8 Å². The van der Waals surface area contributed by atoms with Crippen molar-refractivity contribution in [3.63, 3.8) is 0 Å². The van der Waals surface area contributed by atoms with E-state index in [1.54, 1.807) is 19.1 Å². The van der Waals surface area contributed by atoms with Crippen LogP contribution < -0.4 is 15.4 Å². The standard InChI is InChI=1S/C14H21N3O3S/c1-2-14(18)17-11-5-7-13(8-6-11)21(19,20)16-10-12-4-3-9-15-12/h5-8,12,15-16H,2-4,9-10H2,1H3,(H,17,18). The zero-order valence-corrected chi connectivity index (χ0v) is 12.9. The van der Waals surface area contributed by atoms with Crippen LogP contribution in [0.15, 0.2) is 29.2 Å². The Morgan fingerprint density at radius 3 is 2.62 bits per heavy atom. The summed E-state index contributed by atoms with van der Waals surface area (Å²) in [4.78, 5) is 11.5. The predicted molar refractivity (Wildman–Crippen MR) is 81.6 cm³/mol. The molecule has 1 amide bonds. The quantitative estimate of drug-likeness (QED) is 0.733. The van der Waals surface area contributed by atoms with E-state index in [2.05, 4.69) is 15.4 Å². The maximum atomic E-state index is 12.2. The van der Waals surface area contributed by atoms with Crippen LogP contribution in [0.5, 0.6) is 0 Å². The lowest BCUT2D eigenvalue weighted by Crippen LogP contribution is -2.37. The molecule has 1 aromatic carbocycles. The maximum Gasteiger partial charge on any atom is 0.240 e. The van der Waals surface area contributed by atoms with Crippen LogP contribution in [-0.4, -0.2) is 33.5 Å². The molecule has 1 aromatic rings. The van der Waals surface area contributed by atoms with Crippen molar-refractivity contribution in [2.45, 2.75) is 37.1 Å². The van der Waals surface area contributed by atoms with E-state index in [1.165, 1.54) is 12.1 Å². The van der Waals surface area contributed by atoms with Crippen molar-refractivity contribution in [2.24, 2.45) is 0 Å². The van der Waals surface area contributed by atoms with E-state index in [0.29, 0.717) is 18.7 Å². The largest absolute Gasteiger partial charge is 0.326 e. The molecule has 7 heteroatoms. The van der Waals surface area contributed by atoms with Crippen LogP contribution in [0.25, 0.3) is 0 Å². The van der Waals surface area contributed by atoms with Crippen LogP contribution in [0.2, 0.25) is 0 Å². The summed E-state index contributed by atoms with van der Waals surface area (Å²) in [6, 6.07) is 6.39. The molecule has 3 N–H and O–H groups in total. The normalized spacial score (nSPS) is 18.6. The Bertz CT molecular complexity index is 578. The summed E-state index contributed by atoms with van der Waals surface area (Å²) in [6.07, 6.45) is 2.46. The van der Waals surface area contributed by atoms with Crippen molar-refractivity contribution in [3.8, 4) is 0 Å². The molecule has 1 atom stereocenters. The fraction of sp³-hybridized carbons (Fsp3) is 0.500. The van der Waals surface area contributed by atoms with E-state index in [1.807, 2.05) is 0 Å². The summed E-state index contributed by atoms with van der Waals surface area (Å²) >= 11 is 0. The van der Waals surface area contributed by atoms with Crippen molar-refractivity contribution < 1.29 is 13.2 Å². The first-order chi connectivity index (χ1) is 10.0. The van der Waals surface area contributed by atoms with Gasteiger partial charge in [-0.1, -0.05) is 6.92 Å². The van der Waals surface area contributed by atoms with Gasteiger partial charge in [-0.05, 0) is 43.7 Å². The van der Waals surface area contributed by atoms with Gasteiger partial charge < -0.3 is 10.6 Å². The summed E-state index contributed by atoms with van der Waals surface area (Å²) in [5.74, 6) is -0.101. The first kappa shape index (κ1) is 15.9. The van der Waals surface area contributed by atoms with Crippen LogP contribution in [0.3, 0.4) is 0 Å². The lowest BCUT2D eigenvalue weighted by atomic mass is 10.2. The number of sulfonamides is 1. The Morgan fingerprint density at radius 1 is 1.33 bits per heavy atom. The lowest BCUT2D eigenvalue weighted by molar-refractivity contribution is -0.115. The molecule has 0 aromatic heterocycles. The average Bonchev–Trinajstić information content (AvgIpc) is 2.99. The van der Waals surface area contributed by atoms with Gasteiger partial charge in [0, 0.05) is 24.7 Å². The molecule has 0 spiro atoms. The monoisotopic (exact) mass is 311 g/mol.